The van der Waals surface area contributed by atoms with E-state index in [9.17, 15) is 4.79 Å². The van der Waals surface area contributed by atoms with E-state index in [1.54, 1.807) is 10.8 Å². The fourth-order valence-electron chi connectivity index (χ4n) is 2.36. The van der Waals surface area contributed by atoms with E-state index in [-0.39, 0.29) is 18.6 Å². The minimum absolute atomic E-state index is 0.0120. The van der Waals surface area contributed by atoms with Crippen molar-refractivity contribution in [3.05, 3.63) is 52.8 Å². The highest BCUT2D eigenvalue weighted by molar-refractivity contribution is 6.31. The lowest BCUT2D eigenvalue weighted by molar-refractivity contribution is -0.117. The Bertz CT molecular complexity index is 711. The molecule has 1 atom stereocenters. The van der Waals surface area contributed by atoms with Gasteiger partial charge in [-0.3, -0.25) is 4.79 Å². The minimum Gasteiger partial charge on any atom is -0.396 e. The summed E-state index contributed by atoms with van der Waals surface area (Å²) in [6.07, 6.45) is 4.54. The quantitative estimate of drug-likeness (QED) is 0.756. The molecular weight excluding hydrogens is 326 g/mol. The van der Waals surface area contributed by atoms with Crippen molar-refractivity contribution in [1.82, 2.24) is 15.1 Å². The summed E-state index contributed by atoms with van der Waals surface area (Å²) in [4.78, 5) is 12.0. The third kappa shape index (κ3) is 4.69. The van der Waals surface area contributed by atoms with Crippen molar-refractivity contribution in [2.75, 3.05) is 6.61 Å². The zero-order valence-corrected chi connectivity index (χ0v) is 14.6. The number of carbonyl (C=O) groups is 1. The maximum atomic E-state index is 12.0. The van der Waals surface area contributed by atoms with Gasteiger partial charge in [0.1, 0.15) is 5.15 Å². The number of benzene rings is 1. The van der Waals surface area contributed by atoms with Gasteiger partial charge in [-0.25, -0.2) is 4.68 Å². The summed E-state index contributed by atoms with van der Waals surface area (Å²) in [7, 11) is 0. The Morgan fingerprint density at radius 3 is 2.79 bits per heavy atom. The molecule has 0 fully saturated rings. The number of aryl methyl sites for hydroxylation is 1. The molecule has 128 valence electrons. The summed E-state index contributed by atoms with van der Waals surface area (Å²) in [6, 6.07) is 9.61. The van der Waals surface area contributed by atoms with Crippen molar-refractivity contribution >= 4 is 23.6 Å². The van der Waals surface area contributed by atoms with E-state index in [1.165, 1.54) is 6.08 Å². The monoisotopic (exact) mass is 347 g/mol. The van der Waals surface area contributed by atoms with E-state index < -0.39 is 0 Å². The third-order valence-corrected chi connectivity index (χ3v) is 4.00. The van der Waals surface area contributed by atoms with Gasteiger partial charge in [-0.15, -0.1) is 0 Å². The van der Waals surface area contributed by atoms with Crippen molar-refractivity contribution in [2.45, 2.75) is 32.7 Å². The van der Waals surface area contributed by atoms with Gasteiger partial charge in [0.2, 0.25) is 5.91 Å². The molecule has 2 rings (SSSR count). The number of hydrogen-bond acceptors (Lipinski definition) is 3. The van der Waals surface area contributed by atoms with Crippen LogP contribution in [0.25, 0.3) is 11.8 Å². The van der Waals surface area contributed by atoms with Crippen LogP contribution < -0.4 is 5.32 Å². The van der Waals surface area contributed by atoms with Crippen LogP contribution in [-0.4, -0.2) is 33.4 Å². The fraction of sp³-hybridized carbons (Fsp3) is 0.333. The predicted octanol–water partition coefficient (Wildman–Crippen LogP) is 3.12. The van der Waals surface area contributed by atoms with E-state index in [2.05, 4.69) is 10.4 Å². The molecule has 0 aliphatic rings. The Morgan fingerprint density at radius 1 is 1.42 bits per heavy atom. The second-order valence-corrected chi connectivity index (χ2v) is 6.00. The Kier molecular flexibility index (Phi) is 6.58. The average Bonchev–Trinajstić information content (AvgIpc) is 2.86. The van der Waals surface area contributed by atoms with Crippen LogP contribution in [0.2, 0.25) is 5.15 Å². The van der Waals surface area contributed by atoms with Gasteiger partial charge in [0.05, 0.1) is 11.4 Å². The topological polar surface area (TPSA) is 67.2 Å². The first-order valence-corrected chi connectivity index (χ1v) is 8.30. The molecule has 5 nitrogen and oxygen atoms in total. The maximum absolute atomic E-state index is 12.0. The van der Waals surface area contributed by atoms with E-state index in [4.69, 9.17) is 16.7 Å². The fourth-order valence-corrected chi connectivity index (χ4v) is 2.70. The molecule has 24 heavy (non-hydrogen) atoms. The Hall–Kier alpha value is -2.11. The number of carbonyl (C=O) groups excluding carboxylic acids is 1. The molecule has 1 heterocycles. The van der Waals surface area contributed by atoms with E-state index in [1.807, 2.05) is 44.2 Å². The molecule has 0 bridgehead atoms. The molecule has 2 N–H and O–H groups in total. The number of aliphatic hydroxyl groups is 1. The second kappa shape index (κ2) is 8.66. The summed E-state index contributed by atoms with van der Waals surface area (Å²) < 4.78 is 1.65. The van der Waals surface area contributed by atoms with Crippen LogP contribution in [0, 0.1) is 6.92 Å². The molecule has 1 unspecified atom stereocenters. The lowest BCUT2D eigenvalue weighted by Gasteiger charge is -2.10. The van der Waals surface area contributed by atoms with Crippen molar-refractivity contribution in [1.29, 1.82) is 0 Å². The molecule has 0 spiro atoms. The number of halogens is 1. The SMILES string of the molecule is Cc1nn(-c2ccccc2)c(Cl)c1/C=C/C(=O)NC(C)CCCO. The third-order valence-electron chi connectivity index (χ3n) is 3.63. The zero-order valence-electron chi connectivity index (χ0n) is 13.9. The van der Waals surface area contributed by atoms with Crippen molar-refractivity contribution in [2.24, 2.45) is 0 Å². The molecule has 0 saturated heterocycles. The minimum atomic E-state index is -0.191. The summed E-state index contributed by atoms with van der Waals surface area (Å²) in [5.74, 6) is -0.191. The van der Waals surface area contributed by atoms with E-state index in [0.717, 1.165) is 23.4 Å². The normalized spacial score (nSPS) is 12.5. The number of nitrogens with zero attached hydrogens (tertiary/aromatic N) is 2. The van der Waals surface area contributed by atoms with Crippen molar-refractivity contribution in [3.8, 4) is 5.69 Å². The molecule has 0 aliphatic heterocycles. The van der Waals surface area contributed by atoms with Gasteiger partial charge in [-0.05, 0) is 44.9 Å². The first-order chi connectivity index (χ1) is 11.5. The number of rotatable bonds is 7. The number of aliphatic hydroxyl groups excluding tert-OH is 1. The largest absolute Gasteiger partial charge is 0.396 e. The van der Waals surface area contributed by atoms with Crippen LogP contribution >= 0.6 is 11.6 Å². The number of para-hydroxylation sites is 1. The smallest absolute Gasteiger partial charge is 0.244 e. The summed E-state index contributed by atoms with van der Waals surface area (Å²) in [5.41, 5.74) is 2.34. The molecule has 0 aliphatic carbocycles. The first kappa shape index (κ1) is 18.2. The van der Waals surface area contributed by atoms with Gasteiger partial charge in [0.15, 0.2) is 0 Å². The van der Waals surface area contributed by atoms with Crippen LogP contribution in [0.15, 0.2) is 36.4 Å². The number of hydrogen-bond donors (Lipinski definition) is 2. The molecule has 1 aromatic carbocycles. The molecule has 0 radical (unpaired) electrons. The average molecular weight is 348 g/mol. The Labute approximate surface area is 146 Å². The Balaban J connectivity index is 2.10. The molecule has 1 amide bonds. The molecular formula is C18H22ClN3O2. The molecule has 1 aromatic heterocycles. The number of aromatic nitrogens is 2. The van der Waals surface area contributed by atoms with Crippen molar-refractivity contribution < 1.29 is 9.90 Å². The summed E-state index contributed by atoms with van der Waals surface area (Å²) in [5, 5.41) is 16.6. The van der Waals surface area contributed by atoms with Gasteiger partial charge in [0.25, 0.3) is 0 Å². The van der Waals surface area contributed by atoms with Gasteiger partial charge >= 0.3 is 0 Å². The lowest BCUT2D eigenvalue weighted by atomic mass is 10.2. The standard InChI is InChI=1S/C18H22ClN3O2/c1-13(7-6-12-23)20-17(24)11-10-16-14(2)21-22(18(16)19)15-8-4-3-5-9-15/h3-5,8-11,13,23H,6-7,12H2,1-2H3,(H,20,24)/b11-10+. The first-order valence-electron chi connectivity index (χ1n) is 7.93. The van der Waals surface area contributed by atoms with E-state index >= 15 is 0 Å². The highest BCUT2D eigenvalue weighted by atomic mass is 35.5. The number of amides is 1. The van der Waals surface area contributed by atoms with Crippen LogP contribution in [0.5, 0.6) is 0 Å². The van der Waals surface area contributed by atoms with Crippen molar-refractivity contribution in [3.63, 3.8) is 0 Å². The van der Waals surface area contributed by atoms with Crippen LogP contribution in [-0.2, 0) is 4.79 Å². The van der Waals surface area contributed by atoms with E-state index in [0.29, 0.717) is 11.6 Å². The van der Waals surface area contributed by atoms with Gasteiger partial charge in [0, 0.05) is 24.3 Å². The predicted molar refractivity (Wildman–Crippen MR) is 96.3 cm³/mol. The van der Waals surface area contributed by atoms with Gasteiger partial charge < -0.3 is 10.4 Å². The van der Waals surface area contributed by atoms with Crippen LogP contribution in [0.1, 0.15) is 31.0 Å². The zero-order chi connectivity index (χ0) is 17.5. The molecule has 0 saturated carbocycles. The van der Waals surface area contributed by atoms with Gasteiger partial charge in [-0.2, -0.15) is 5.10 Å². The Morgan fingerprint density at radius 2 is 2.12 bits per heavy atom. The van der Waals surface area contributed by atoms with Gasteiger partial charge in [-0.1, -0.05) is 29.8 Å². The summed E-state index contributed by atoms with van der Waals surface area (Å²) >= 11 is 6.41. The van der Waals surface area contributed by atoms with Crippen LogP contribution in [0.4, 0.5) is 0 Å². The molecule has 6 heteroatoms. The highest BCUT2D eigenvalue weighted by Crippen LogP contribution is 2.24. The molecule has 2 aromatic rings. The number of nitrogens with one attached hydrogen (secondary N) is 1. The summed E-state index contributed by atoms with van der Waals surface area (Å²) in [6.45, 7) is 3.89. The lowest BCUT2D eigenvalue weighted by Crippen LogP contribution is -2.31. The highest BCUT2D eigenvalue weighted by Gasteiger charge is 2.13. The maximum Gasteiger partial charge on any atom is 0.244 e. The second-order valence-electron chi connectivity index (χ2n) is 5.65. The van der Waals surface area contributed by atoms with Crippen LogP contribution in [0.3, 0.4) is 0 Å².